The summed E-state index contributed by atoms with van der Waals surface area (Å²) in [5.41, 5.74) is 1.26. The lowest BCUT2D eigenvalue weighted by atomic mass is 10.3. The highest BCUT2D eigenvalue weighted by Gasteiger charge is 2.15. The molecule has 0 saturated carbocycles. The van der Waals surface area contributed by atoms with Crippen LogP contribution >= 0.6 is 11.3 Å². The molecule has 0 aliphatic heterocycles. The van der Waals surface area contributed by atoms with Crippen LogP contribution in [-0.4, -0.2) is 30.4 Å². The second kappa shape index (κ2) is 5.55. The second-order valence-electron chi connectivity index (χ2n) is 4.51. The number of aromatic amines is 2. The van der Waals surface area contributed by atoms with Crippen LogP contribution in [0.15, 0.2) is 33.3 Å². The van der Waals surface area contributed by atoms with Crippen molar-refractivity contribution in [3.63, 3.8) is 0 Å². The first kappa shape index (κ1) is 14.8. The van der Waals surface area contributed by atoms with E-state index in [0.29, 0.717) is 16.7 Å². The Labute approximate surface area is 129 Å². The van der Waals surface area contributed by atoms with Gasteiger partial charge in [0.1, 0.15) is 0 Å². The molecule has 2 heterocycles. The molecule has 116 valence electrons. The summed E-state index contributed by atoms with van der Waals surface area (Å²) in [6, 6.07) is 4.40. The number of nitrogens with one attached hydrogen (secondary N) is 4. The maximum absolute atomic E-state index is 12.3. The summed E-state index contributed by atoms with van der Waals surface area (Å²) < 4.78 is 27.0. The van der Waals surface area contributed by atoms with Crippen molar-refractivity contribution < 1.29 is 8.42 Å². The van der Waals surface area contributed by atoms with E-state index in [9.17, 15) is 13.2 Å². The molecule has 0 atom stereocenters. The number of imidazole rings is 1. The van der Waals surface area contributed by atoms with Crippen LogP contribution in [0.5, 0.6) is 0 Å². The Kier molecular flexibility index (Phi) is 3.72. The number of hydrogen-bond acceptors (Lipinski definition) is 6. The van der Waals surface area contributed by atoms with Gasteiger partial charge in [-0.1, -0.05) is 0 Å². The molecule has 0 unspecified atom stereocenters. The number of nitrogens with zero attached hydrogens (tertiary/aromatic N) is 1. The van der Waals surface area contributed by atoms with E-state index >= 15 is 0 Å². The van der Waals surface area contributed by atoms with Crippen LogP contribution in [0.4, 0.5) is 5.13 Å². The normalized spacial score (nSPS) is 11.9. The van der Waals surface area contributed by atoms with Gasteiger partial charge in [-0.25, -0.2) is 22.9 Å². The summed E-state index contributed by atoms with van der Waals surface area (Å²) in [6.07, 6.45) is 0. The van der Waals surface area contributed by atoms with Crippen LogP contribution in [0.25, 0.3) is 11.0 Å². The first-order valence-electron chi connectivity index (χ1n) is 6.32. The lowest BCUT2D eigenvalue weighted by Crippen LogP contribution is -2.23. The van der Waals surface area contributed by atoms with Crippen molar-refractivity contribution in [1.29, 1.82) is 0 Å². The van der Waals surface area contributed by atoms with Crippen molar-refractivity contribution in [1.82, 2.24) is 19.7 Å². The molecule has 0 aliphatic carbocycles. The third-order valence-electron chi connectivity index (χ3n) is 3.01. The number of aromatic nitrogens is 3. The Morgan fingerprint density at radius 1 is 1.27 bits per heavy atom. The Hall–Kier alpha value is -2.17. The molecule has 22 heavy (non-hydrogen) atoms. The quantitative estimate of drug-likeness (QED) is 0.549. The molecule has 8 nitrogen and oxygen atoms in total. The van der Waals surface area contributed by atoms with E-state index in [1.807, 2.05) is 0 Å². The fourth-order valence-corrected chi connectivity index (χ4v) is 3.63. The van der Waals surface area contributed by atoms with Gasteiger partial charge in [-0.3, -0.25) is 0 Å². The van der Waals surface area contributed by atoms with Crippen molar-refractivity contribution in [3.8, 4) is 0 Å². The number of sulfonamides is 1. The van der Waals surface area contributed by atoms with Crippen LogP contribution in [0.3, 0.4) is 0 Å². The lowest BCUT2D eigenvalue weighted by molar-refractivity contribution is 0.580. The molecule has 0 amide bonds. The topological polar surface area (TPSA) is 120 Å². The zero-order valence-electron chi connectivity index (χ0n) is 11.5. The SMILES string of the molecule is CNc1nc(CNS(=O)(=O)c2ccc3[nH]c(=O)[nH]c3c2)cs1. The number of thiazole rings is 1. The molecule has 4 N–H and O–H groups in total. The zero-order valence-corrected chi connectivity index (χ0v) is 13.1. The Morgan fingerprint density at radius 2 is 2.05 bits per heavy atom. The summed E-state index contributed by atoms with van der Waals surface area (Å²) >= 11 is 1.40. The van der Waals surface area contributed by atoms with Gasteiger partial charge in [-0.15, -0.1) is 11.3 Å². The van der Waals surface area contributed by atoms with Crippen LogP contribution < -0.4 is 15.7 Å². The van der Waals surface area contributed by atoms with E-state index < -0.39 is 10.0 Å². The predicted molar refractivity (Wildman–Crippen MR) is 84.6 cm³/mol. The highest BCUT2D eigenvalue weighted by Crippen LogP contribution is 2.17. The maximum Gasteiger partial charge on any atom is 0.323 e. The average molecular weight is 339 g/mol. The maximum atomic E-state index is 12.3. The average Bonchev–Trinajstić information content (AvgIpc) is 3.09. The molecule has 1 aromatic carbocycles. The third kappa shape index (κ3) is 2.89. The molecule has 0 spiro atoms. The van der Waals surface area contributed by atoms with Crippen molar-refractivity contribution in [2.45, 2.75) is 11.4 Å². The van der Waals surface area contributed by atoms with Gasteiger partial charge < -0.3 is 15.3 Å². The van der Waals surface area contributed by atoms with E-state index in [2.05, 4.69) is 25.0 Å². The van der Waals surface area contributed by atoms with Crippen molar-refractivity contribution in [2.75, 3.05) is 12.4 Å². The summed E-state index contributed by atoms with van der Waals surface area (Å²) in [4.78, 5) is 20.6. The first-order chi connectivity index (χ1) is 10.5. The molecular formula is C12H13N5O3S2. The summed E-state index contributed by atoms with van der Waals surface area (Å²) in [7, 11) is -1.93. The molecule has 3 aromatic rings. The van der Waals surface area contributed by atoms with E-state index in [1.54, 1.807) is 18.5 Å². The second-order valence-corrected chi connectivity index (χ2v) is 7.13. The van der Waals surface area contributed by atoms with Crippen molar-refractivity contribution in [2.24, 2.45) is 0 Å². The van der Waals surface area contributed by atoms with Gasteiger partial charge in [0.05, 0.1) is 28.2 Å². The molecule has 10 heteroatoms. The minimum atomic E-state index is -3.68. The van der Waals surface area contributed by atoms with Crippen LogP contribution in [0, 0.1) is 0 Å². The summed E-state index contributed by atoms with van der Waals surface area (Å²) in [5, 5.41) is 5.39. The van der Waals surface area contributed by atoms with Crippen LogP contribution in [0.1, 0.15) is 5.69 Å². The minimum Gasteiger partial charge on any atom is -0.365 e. The molecule has 0 aliphatic rings. The fraction of sp³-hybridized carbons (Fsp3) is 0.167. The van der Waals surface area contributed by atoms with Gasteiger partial charge >= 0.3 is 5.69 Å². The molecule has 0 saturated heterocycles. The number of anilines is 1. The Morgan fingerprint density at radius 3 is 2.77 bits per heavy atom. The summed E-state index contributed by atoms with van der Waals surface area (Å²) in [5.74, 6) is 0. The number of benzene rings is 1. The van der Waals surface area contributed by atoms with Crippen molar-refractivity contribution in [3.05, 3.63) is 39.8 Å². The highest BCUT2D eigenvalue weighted by molar-refractivity contribution is 7.89. The minimum absolute atomic E-state index is 0.0827. The first-order valence-corrected chi connectivity index (χ1v) is 8.68. The van der Waals surface area contributed by atoms with Gasteiger partial charge in [-0.05, 0) is 18.2 Å². The van der Waals surface area contributed by atoms with Gasteiger partial charge in [0.25, 0.3) is 0 Å². The van der Waals surface area contributed by atoms with E-state index in [-0.39, 0.29) is 17.1 Å². The van der Waals surface area contributed by atoms with Gasteiger partial charge in [0, 0.05) is 12.4 Å². The van der Waals surface area contributed by atoms with E-state index in [0.717, 1.165) is 5.13 Å². The zero-order chi connectivity index (χ0) is 15.7. The van der Waals surface area contributed by atoms with Crippen LogP contribution in [-0.2, 0) is 16.6 Å². The molecular weight excluding hydrogens is 326 g/mol. The molecule has 0 bridgehead atoms. The number of hydrogen-bond donors (Lipinski definition) is 4. The third-order valence-corrected chi connectivity index (χ3v) is 5.31. The van der Waals surface area contributed by atoms with Crippen LogP contribution in [0.2, 0.25) is 0 Å². The van der Waals surface area contributed by atoms with Gasteiger partial charge in [0.2, 0.25) is 10.0 Å². The summed E-state index contributed by atoms with van der Waals surface area (Å²) in [6.45, 7) is 0.0994. The standard InChI is InChI=1S/C12H13N5O3S2/c1-13-12-15-7(6-21-12)5-14-22(19,20)8-2-3-9-10(4-8)17-11(18)16-9/h2-4,6,14H,5H2,1H3,(H,13,15)(H2,16,17,18). The van der Waals surface area contributed by atoms with E-state index in [4.69, 9.17) is 0 Å². The van der Waals surface area contributed by atoms with Crippen molar-refractivity contribution >= 4 is 37.5 Å². The number of H-pyrrole nitrogens is 2. The smallest absolute Gasteiger partial charge is 0.323 e. The fourth-order valence-electron chi connectivity index (χ4n) is 1.93. The monoisotopic (exact) mass is 339 g/mol. The van der Waals surface area contributed by atoms with Gasteiger partial charge in [-0.2, -0.15) is 0 Å². The molecule has 0 fully saturated rings. The Balaban J connectivity index is 1.82. The van der Waals surface area contributed by atoms with Gasteiger partial charge in [0.15, 0.2) is 5.13 Å². The number of fused-ring (bicyclic) bond motifs is 1. The molecule has 2 aromatic heterocycles. The molecule has 3 rings (SSSR count). The largest absolute Gasteiger partial charge is 0.365 e. The Bertz CT molecular complexity index is 970. The molecule has 0 radical (unpaired) electrons. The lowest BCUT2D eigenvalue weighted by Gasteiger charge is -2.05. The predicted octanol–water partition coefficient (Wildman–Crippen LogP) is 0.833. The van der Waals surface area contributed by atoms with E-state index in [1.165, 1.54) is 23.5 Å². The number of rotatable bonds is 5. The highest BCUT2D eigenvalue weighted by atomic mass is 32.2.